The molecule has 0 fully saturated rings. The second-order valence-electron chi connectivity index (χ2n) is 7.44. The molecule has 0 radical (unpaired) electrons. The summed E-state index contributed by atoms with van der Waals surface area (Å²) < 4.78 is 5.84. The number of rotatable bonds is 6. The minimum Gasteiger partial charge on any atom is -0.463 e. The molecule has 0 aliphatic heterocycles. The summed E-state index contributed by atoms with van der Waals surface area (Å²) in [6.45, 7) is 3.58. The van der Waals surface area contributed by atoms with Crippen LogP contribution < -0.4 is 10.1 Å². The Balaban J connectivity index is 1.57. The van der Waals surface area contributed by atoms with Gasteiger partial charge in [0.15, 0.2) is 6.10 Å². The Kier molecular flexibility index (Phi) is 6.19. The second-order valence-corrected chi connectivity index (χ2v) is 7.84. The minimum absolute atomic E-state index is 0.0532. The lowest BCUT2D eigenvalue weighted by atomic mass is 10.0. The van der Waals surface area contributed by atoms with Gasteiger partial charge in [-0.05, 0) is 26.0 Å². The first-order valence-electron chi connectivity index (χ1n) is 10.1. The summed E-state index contributed by atoms with van der Waals surface area (Å²) in [5.74, 6) is -0.266. The van der Waals surface area contributed by atoms with Crippen LogP contribution in [-0.2, 0) is 4.79 Å². The van der Waals surface area contributed by atoms with Crippen LogP contribution in [0.5, 0.6) is 5.88 Å². The van der Waals surface area contributed by atoms with Crippen molar-refractivity contribution in [3.05, 3.63) is 87.4 Å². The molecule has 1 amide bonds. The number of nitro benzene ring substituents is 1. The van der Waals surface area contributed by atoms with Gasteiger partial charge in [0.25, 0.3) is 11.6 Å². The first-order chi connectivity index (χ1) is 15.8. The molecule has 0 bridgehead atoms. The molecular formula is C24H19ClN4O4. The van der Waals surface area contributed by atoms with Crippen molar-refractivity contribution >= 4 is 39.7 Å². The highest BCUT2D eigenvalue weighted by Gasteiger charge is 2.20. The SMILES string of the molecule is Cc1ccc(-c2nnc(O[C@H](C)C(=O)Nc3ccc([N+](=O)[O-])cc3Cl)c3ccccc23)cc1. The number of nitrogens with one attached hydrogen (secondary N) is 1. The number of carbonyl (C=O) groups is 1. The first kappa shape index (κ1) is 22.2. The number of ether oxygens (including phenoxy) is 1. The zero-order valence-electron chi connectivity index (χ0n) is 17.8. The number of non-ortho nitro benzene ring substituents is 1. The van der Waals surface area contributed by atoms with E-state index < -0.39 is 16.9 Å². The van der Waals surface area contributed by atoms with Crippen LogP contribution >= 0.6 is 11.6 Å². The molecule has 1 atom stereocenters. The van der Waals surface area contributed by atoms with Gasteiger partial charge in [-0.1, -0.05) is 59.6 Å². The van der Waals surface area contributed by atoms with Gasteiger partial charge in [-0.15, -0.1) is 10.2 Å². The molecular weight excluding hydrogens is 444 g/mol. The monoisotopic (exact) mass is 462 g/mol. The van der Waals surface area contributed by atoms with Crippen LogP contribution in [0.1, 0.15) is 12.5 Å². The number of hydrogen-bond acceptors (Lipinski definition) is 6. The number of aromatic nitrogens is 2. The number of hydrogen-bond donors (Lipinski definition) is 1. The molecule has 0 aliphatic carbocycles. The Labute approximate surface area is 194 Å². The van der Waals surface area contributed by atoms with Crippen LogP contribution in [0.2, 0.25) is 5.02 Å². The van der Waals surface area contributed by atoms with E-state index in [0.717, 1.165) is 21.9 Å². The Morgan fingerprint density at radius 1 is 1.06 bits per heavy atom. The molecule has 0 aliphatic rings. The highest BCUT2D eigenvalue weighted by Crippen LogP contribution is 2.32. The fourth-order valence-corrected chi connectivity index (χ4v) is 3.49. The summed E-state index contributed by atoms with van der Waals surface area (Å²) >= 11 is 6.06. The summed E-state index contributed by atoms with van der Waals surface area (Å²) in [6.07, 6.45) is -0.931. The Hall–Kier alpha value is -4.04. The standard InChI is InChI=1S/C24H19ClN4O4/c1-14-7-9-16(10-8-14)22-18-5-3-4-6-19(18)24(28-27-22)33-15(2)23(30)26-21-12-11-17(29(31)32)13-20(21)25/h3-13,15H,1-2H3,(H,26,30)/t15-/m1/s1. The third kappa shape index (κ3) is 4.75. The predicted octanol–water partition coefficient (Wildman–Crippen LogP) is 5.57. The molecule has 166 valence electrons. The summed E-state index contributed by atoms with van der Waals surface area (Å²) in [6, 6.07) is 19.3. The summed E-state index contributed by atoms with van der Waals surface area (Å²) in [5.41, 5.74) is 2.86. The van der Waals surface area contributed by atoms with Crippen LogP contribution in [0, 0.1) is 17.0 Å². The quantitative estimate of drug-likeness (QED) is 0.296. The Morgan fingerprint density at radius 2 is 1.76 bits per heavy atom. The number of amides is 1. The molecule has 1 N–H and O–H groups in total. The minimum atomic E-state index is -0.931. The van der Waals surface area contributed by atoms with E-state index in [2.05, 4.69) is 15.5 Å². The number of nitrogens with zero attached hydrogens (tertiary/aromatic N) is 3. The fraction of sp³-hybridized carbons (Fsp3) is 0.125. The molecule has 9 heteroatoms. The second kappa shape index (κ2) is 9.22. The van der Waals surface area contributed by atoms with E-state index in [1.165, 1.54) is 18.2 Å². The number of halogens is 1. The van der Waals surface area contributed by atoms with Gasteiger partial charge in [-0.3, -0.25) is 14.9 Å². The Morgan fingerprint density at radius 3 is 2.42 bits per heavy atom. The van der Waals surface area contributed by atoms with E-state index in [9.17, 15) is 14.9 Å². The number of nitro groups is 1. The van der Waals surface area contributed by atoms with E-state index in [4.69, 9.17) is 16.3 Å². The normalized spacial score (nSPS) is 11.7. The molecule has 0 spiro atoms. The van der Waals surface area contributed by atoms with Gasteiger partial charge >= 0.3 is 0 Å². The van der Waals surface area contributed by atoms with Gasteiger partial charge in [0, 0.05) is 28.5 Å². The van der Waals surface area contributed by atoms with Gasteiger partial charge < -0.3 is 10.1 Å². The van der Waals surface area contributed by atoms with Gasteiger partial charge in [-0.2, -0.15) is 0 Å². The lowest BCUT2D eigenvalue weighted by Crippen LogP contribution is -2.30. The van der Waals surface area contributed by atoms with Gasteiger partial charge in [-0.25, -0.2) is 0 Å². The van der Waals surface area contributed by atoms with Crippen LogP contribution in [0.4, 0.5) is 11.4 Å². The van der Waals surface area contributed by atoms with Gasteiger partial charge in [0.2, 0.25) is 5.88 Å². The Bertz CT molecular complexity index is 1360. The number of anilines is 1. The maximum Gasteiger partial charge on any atom is 0.271 e. The van der Waals surface area contributed by atoms with Crippen molar-refractivity contribution < 1.29 is 14.5 Å². The molecule has 3 aromatic carbocycles. The van der Waals surface area contributed by atoms with Crippen LogP contribution in [-0.4, -0.2) is 27.1 Å². The molecule has 33 heavy (non-hydrogen) atoms. The highest BCUT2D eigenvalue weighted by molar-refractivity contribution is 6.34. The lowest BCUT2D eigenvalue weighted by molar-refractivity contribution is -0.384. The summed E-state index contributed by atoms with van der Waals surface area (Å²) in [5, 5.41) is 23.7. The van der Waals surface area contributed by atoms with Crippen molar-refractivity contribution in [3.63, 3.8) is 0 Å². The average molecular weight is 463 g/mol. The molecule has 0 saturated heterocycles. The van der Waals surface area contributed by atoms with E-state index in [0.29, 0.717) is 5.69 Å². The molecule has 1 aromatic heterocycles. The van der Waals surface area contributed by atoms with Crippen molar-refractivity contribution in [1.82, 2.24) is 10.2 Å². The smallest absolute Gasteiger partial charge is 0.271 e. The van der Waals surface area contributed by atoms with Crippen molar-refractivity contribution in [2.45, 2.75) is 20.0 Å². The van der Waals surface area contributed by atoms with Crippen LogP contribution in [0.3, 0.4) is 0 Å². The fourth-order valence-electron chi connectivity index (χ4n) is 3.27. The first-order valence-corrected chi connectivity index (χ1v) is 10.4. The molecule has 8 nitrogen and oxygen atoms in total. The summed E-state index contributed by atoms with van der Waals surface area (Å²) in [4.78, 5) is 23.0. The molecule has 0 unspecified atom stereocenters. The van der Waals surface area contributed by atoms with Gasteiger partial charge in [0.1, 0.15) is 5.69 Å². The highest BCUT2D eigenvalue weighted by atomic mass is 35.5. The van der Waals surface area contributed by atoms with E-state index >= 15 is 0 Å². The van der Waals surface area contributed by atoms with Crippen molar-refractivity contribution in [2.75, 3.05) is 5.32 Å². The number of fused-ring (bicyclic) bond motifs is 1. The number of aryl methyl sites for hydroxylation is 1. The third-order valence-corrected chi connectivity index (χ3v) is 5.37. The maximum absolute atomic E-state index is 12.7. The van der Waals surface area contributed by atoms with E-state index in [-0.39, 0.29) is 22.3 Å². The van der Waals surface area contributed by atoms with Gasteiger partial charge in [0.05, 0.1) is 15.6 Å². The molecule has 4 rings (SSSR count). The lowest BCUT2D eigenvalue weighted by Gasteiger charge is -2.16. The maximum atomic E-state index is 12.7. The van der Waals surface area contributed by atoms with Crippen LogP contribution in [0.15, 0.2) is 66.7 Å². The molecule has 4 aromatic rings. The zero-order valence-corrected chi connectivity index (χ0v) is 18.5. The average Bonchev–Trinajstić information content (AvgIpc) is 2.81. The third-order valence-electron chi connectivity index (χ3n) is 5.06. The van der Waals surface area contributed by atoms with Crippen molar-refractivity contribution in [2.24, 2.45) is 0 Å². The van der Waals surface area contributed by atoms with Crippen LogP contribution in [0.25, 0.3) is 22.0 Å². The number of benzene rings is 3. The predicted molar refractivity (Wildman–Crippen MR) is 127 cm³/mol. The van der Waals surface area contributed by atoms with E-state index in [1.54, 1.807) is 6.92 Å². The molecule has 0 saturated carbocycles. The topological polar surface area (TPSA) is 107 Å². The zero-order chi connectivity index (χ0) is 23.5. The van der Waals surface area contributed by atoms with E-state index in [1.807, 2.05) is 55.5 Å². The van der Waals surface area contributed by atoms with Crippen molar-refractivity contribution in [1.29, 1.82) is 0 Å². The largest absolute Gasteiger partial charge is 0.463 e. The summed E-state index contributed by atoms with van der Waals surface area (Å²) in [7, 11) is 0. The van der Waals surface area contributed by atoms with Crippen molar-refractivity contribution in [3.8, 4) is 17.1 Å². The molecule has 1 heterocycles. The number of carbonyl (C=O) groups excluding carboxylic acids is 1.